The van der Waals surface area contributed by atoms with Gasteiger partial charge in [0.15, 0.2) is 0 Å². The molecule has 2 aromatic rings. The second kappa shape index (κ2) is 5.54. The molecule has 5 nitrogen and oxygen atoms in total. The third-order valence-electron chi connectivity index (χ3n) is 2.66. The van der Waals surface area contributed by atoms with Gasteiger partial charge in [-0.3, -0.25) is 4.79 Å². The molecule has 0 aliphatic heterocycles. The van der Waals surface area contributed by atoms with Gasteiger partial charge in [0.2, 0.25) is 0 Å². The minimum atomic E-state index is -1.05. The van der Waals surface area contributed by atoms with E-state index >= 15 is 0 Å². The Kier molecular flexibility index (Phi) is 4.32. The lowest BCUT2D eigenvalue weighted by Gasteiger charge is -2.05. The predicted molar refractivity (Wildman–Crippen MR) is 69.6 cm³/mol. The Balaban J connectivity index is 0.00000162. The lowest BCUT2D eigenvalue weighted by Crippen LogP contribution is -2.32. The van der Waals surface area contributed by atoms with Crippen molar-refractivity contribution in [2.45, 2.75) is 12.5 Å². The molecule has 1 heterocycles. The molecule has 0 spiro atoms. The van der Waals surface area contributed by atoms with Crippen LogP contribution in [0.25, 0.3) is 10.9 Å². The summed E-state index contributed by atoms with van der Waals surface area (Å²) in [5.41, 5.74) is 7.59. The molecule has 0 amide bonds. The number of nitrogens with two attached hydrogens (primary N) is 1. The van der Waals surface area contributed by atoms with E-state index in [-0.39, 0.29) is 18.8 Å². The first-order valence-corrected chi connectivity index (χ1v) is 5.11. The molecule has 18 heavy (non-hydrogen) atoms. The monoisotopic (exact) mass is 265 g/mol. The molecular formula is C12H12ClN3O2. The molecule has 0 aliphatic rings. The number of rotatable bonds is 3. The molecule has 2 rings (SSSR count). The van der Waals surface area contributed by atoms with Gasteiger partial charge in [-0.2, -0.15) is 5.26 Å². The first-order chi connectivity index (χ1) is 8.13. The third kappa shape index (κ3) is 2.45. The minimum absolute atomic E-state index is 0. The van der Waals surface area contributed by atoms with Crippen LogP contribution in [0.1, 0.15) is 11.1 Å². The van der Waals surface area contributed by atoms with Gasteiger partial charge in [-0.15, -0.1) is 12.4 Å². The summed E-state index contributed by atoms with van der Waals surface area (Å²) in [6.07, 6.45) is 1.91. The molecule has 94 valence electrons. The second-order valence-electron chi connectivity index (χ2n) is 3.80. The number of nitrogens with one attached hydrogen (secondary N) is 1. The van der Waals surface area contributed by atoms with E-state index < -0.39 is 12.0 Å². The van der Waals surface area contributed by atoms with Gasteiger partial charge in [-0.05, 0) is 17.7 Å². The van der Waals surface area contributed by atoms with E-state index in [0.29, 0.717) is 5.56 Å². The van der Waals surface area contributed by atoms with Gasteiger partial charge in [-0.25, -0.2) is 0 Å². The van der Waals surface area contributed by atoms with Crippen LogP contribution >= 0.6 is 12.4 Å². The van der Waals surface area contributed by atoms with Crippen LogP contribution in [0, 0.1) is 11.3 Å². The summed E-state index contributed by atoms with van der Waals surface area (Å²) in [4.78, 5) is 13.7. The van der Waals surface area contributed by atoms with Gasteiger partial charge in [0.05, 0.1) is 11.6 Å². The summed E-state index contributed by atoms with van der Waals surface area (Å²) in [7, 11) is 0. The molecule has 0 aliphatic carbocycles. The highest BCUT2D eigenvalue weighted by Crippen LogP contribution is 2.23. The number of nitriles is 1. The van der Waals surface area contributed by atoms with Crippen LogP contribution in [0.2, 0.25) is 0 Å². The number of benzene rings is 1. The summed E-state index contributed by atoms with van der Waals surface area (Å²) in [6.45, 7) is 0. The van der Waals surface area contributed by atoms with Crippen LogP contribution in [0.4, 0.5) is 0 Å². The Morgan fingerprint density at radius 3 is 2.89 bits per heavy atom. The van der Waals surface area contributed by atoms with Crippen LogP contribution in [-0.4, -0.2) is 22.1 Å². The highest BCUT2D eigenvalue weighted by atomic mass is 35.5. The van der Waals surface area contributed by atoms with Crippen molar-refractivity contribution in [3.8, 4) is 6.07 Å². The minimum Gasteiger partial charge on any atom is -0.480 e. The molecule has 0 bridgehead atoms. The quantitative estimate of drug-likeness (QED) is 0.781. The molecule has 1 aromatic heterocycles. The van der Waals surface area contributed by atoms with Crippen molar-refractivity contribution in [3.05, 3.63) is 35.5 Å². The number of carbonyl (C=O) groups is 1. The van der Waals surface area contributed by atoms with E-state index in [1.807, 2.05) is 6.07 Å². The van der Waals surface area contributed by atoms with E-state index in [9.17, 15) is 4.79 Å². The number of carboxylic acid groups (broad SMARTS) is 1. The lowest BCUT2D eigenvalue weighted by atomic mass is 10.0. The first-order valence-electron chi connectivity index (χ1n) is 5.11. The predicted octanol–water partition coefficient (Wildman–Crippen LogP) is 1.42. The van der Waals surface area contributed by atoms with Gasteiger partial charge in [-0.1, -0.05) is 6.07 Å². The van der Waals surface area contributed by atoms with Crippen molar-refractivity contribution in [1.82, 2.24) is 4.98 Å². The Bertz CT molecular complexity index is 615. The molecule has 0 fully saturated rings. The topological polar surface area (TPSA) is 103 Å². The van der Waals surface area contributed by atoms with Crippen LogP contribution in [0.3, 0.4) is 0 Å². The number of aromatic amines is 1. The maximum atomic E-state index is 10.7. The Morgan fingerprint density at radius 1 is 1.56 bits per heavy atom. The van der Waals surface area contributed by atoms with E-state index in [2.05, 4.69) is 11.1 Å². The molecule has 0 saturated heterocycles. The van der Waals surface area contributed by atoms with Gasteiger partial charge in [0.25, 0.3) is 0 Å². The summed E-state index contributed by atoms with van der Waals surface area (Å²) in [6, 6.07) is 6.45. The maximum absolute atomic E-state index is 10.7. The molecule has 4 N–H and O–H groups in total. The number of aromatic nitrogens is 1. The average molecular weight is 266 g/mol. The van der Waals surface area contributed by atoms with E-state index in [1.165, 1.54) is 0 Å². The number of nitrogens with zero attached hydrogens (tertiary/aromatic N) is 1. The highest BCUT2D eigenvalue weighted by molar-refractivity contribution is 5.89. The maximum Gasteiger partial charge on any atom is 0.320 e. The molecule has 1 atom stereocenters. The molecule has 0 saturated carbocycles. The first kappa shape index (κ1) is 14.0. The van der Waals surface area contributed by atoms with Crippen molar-refractivity contribution in [2.75, 3.05) is 0 Å². The normalized spacial score (nSPS) is 11.6. The number of hydrogen-bond acceptors (Lipinski definition) is 3. The summed E-state index contributed by atoms with van der Waals surface area (Å²) in [5.74, 6) is -1.05. The van der Waals surface area contributed by atoms with Gasteiger partial charge >= 0.3 is 5.97 Å². The van der Waals surface area contributed by atoms with Crippen molar-refractivity contribution >= 4 is 29.3 Å². The van der Waals surface area contributed by atoms with Crippen molar-refractivity contribution in [2.24, 2.45) is 5.73 Å². The summed E-state index contributed by atoms with van der Waals surface area (Å²) in [5, 5.41) is 18.5. The van der Waals surface area contributed by atoms with Crippen LogP contribution < -0.4 is 5.73 Å². The van der Waals surface area contributed by atoms with Crippen molar-refractivity contribution < 1.29 is 9.90 Å². The fraction of sp³-hybridized carbons (Fsp3) is 0.167. The number of hydrogen-bond donors (Lipinski definition) is 3. The molecule has 6 heteroatoms. The van der Waals surface area contributed by atoms with E-state index in [1.54, 1.807) is 18.3 Å². The van der Waals surface area contributed by atoms with Crippen LogP contribution in [-0.2, 0) is 11.2 Å². The smallest absolute Gasteiger partial charge is 0.320 e. The van der Waals surface area contributed by atoms with Crippen LogP contribution in [0.5, 0.6) is 0 Å². The van der Waals surface area contributed by atoms with Crippen molar-refractivity contribution in [1.29, 1.82) is 5.26 Å². The van der Waals surface area contributed by atoms with Gasteiger partial charge in [0.1, 0.15) is 6.04 Å². The number of carboxylic acids is 1. The van der Waals surface area contributed by atoms with Crippen molar-refractivity contribution in [3.63, 3.8) is 0 Å². The number of fused-ring (bicyclic) bond motifs is 1. The Morgan fingerprint density at radius 2 is 2.28 bits per heavy atom. The highest BCUT2D eigenvalue weighted by Gasteiger charge is 2.16. The largest absolute Gasteiger partial charge is 0.480 e. The van der Waals surface area contributed by atoms with Gasteiger partial charge < -0.3 is 15.8 Å². The molecule has 1 aromatic carbocycles. The number of H-pyrrole nitrogens is 1. The zero-order valence-electron chi connectivity index (χ0n) is 9.38. The zero-order valence-corrected chi connectivity index (χ0v) is 10.2. The lowest BCUT2D eigenvalue weighted by molar-refractivity contribution is -0.138. The fourth-order valence-corrected chi connectivity index (χ4v) is 1.83. The van der Waals surface area contributed by atoms with E-state index in [4.69, 9.17) is 16.1 Å². The van der Waals surface area contributed by atoms with E-state index in [0.717, 1.165) is 16.5 Å². The average Bonchev–Trinajstić information content (AvgIpc) is 2.72. The molecular weight excluding hydrogens is 254 g/mol. The SMILES string of the molecule is Cl.N#Cc1cccc2[nH]cc(C[C@H](N)C(=O)O)c12. The molecule has 0 unspecified atom stereocenters. The Hall–Kier alpha value is -2.03. The van der Waals surface area contributed by atoms with Crippen LogP contribution in [0.15, 0.2) is 24.4 Å². The number of halogens is 1. The zero-order chi connectivity index (χ0) is 12.4. The third-order valence-corrected chi connectivity index (χ3v) is 2.66. The molecule has 0 radical (unpaired) electrons. The number of aliphatic carboxylic acids is 1. The Labute approximate surface area is 110 Å². The summed E-state index contributed by atoms with van der Waals surface area (Å²) >= 11 is 0. The second-order valence-corrected chi connectivity index (χ2v) is 3.80. The fourth-order valence-electron chi connectivity index (χ4n) is 1.83. The van der Waals surface area contributed by atoms with Gasteiger partial charge in [0, 0.05) is 23.5 Å². The summed E-state index contributed by atoms with van der Waals surface area (Å²) < 4.78 is 0. The standard InChI is InChI=1S/C12H11N3O2.ClH/c13-5-7-2-1-3-10-11(7)8(6-15-10)4-9(14)12(16)17;/h1-3,6,9,15H,4,14H2,(H,16,17);1H/t9-;/m0./s1.